The summed E-state index contributed by atoms with van der Waals surface area (Å²) in [7, 11) is 0. The van der Waals surface area contributed by atoms with E-state index >= 15 is 0 Å². The summed E-state index contributed by atoms with van der Waals surface area (Å²) in [6, 6.07) is 20.9. The summed E-state index contributed by atoms with van der Waals surface area (Å²) in [4.78, 5) is 0. The molecule has 0 aliphatic rings. The molecule has 1 nitrogen and oxygen atoms in total. The predicted molar refractivity (Wildman–Crippen MR) is 75.6 cm³/mol. The van der Waals surface area contributed by atoms with E-state index in [1.165, 1.54) is 11.1 Å². The molecule has 2 aromatic carbocycles. The number of aliphatic hydroxyl groups is 1. The van der Waals surface area contributed by atoms with Gasteiger partial charge in [0.1, 0.15) is 0 Å². The second-order valence-electron chi connectivity index (χ2n) is 4.65. The number of aliphatic hydroxyl groups excluding tert-OH is 1. The molecular weight excluding hydrogens is 220 g/mol. The minimum Gasteiger partial charge on any atom is -0.396 e. The van der Waals surface area contributed by atoms with Crippen molar-refractivity contribution in [2.45, 2.75) is 19.3 Å². The zero-order valence-electron chi connectivity index (χ0n) is 10.8. The first-order valence-electron chi connectivity index (χ1n) is 6.57. The first-order valence-corrected chi connectivity index (χ1v) is 6.57. The van der Waals surface area contributed by atoms with Crippen LogP contribution in [-0.2, 0) is 0 Å². The molecule has 0 amide bonds. The Hall–Kier alpha value is -1.60. The van der Waals surface area contributed by atoms with E-state index in [4.69, 9.17) is 0 Å². The maximum absolute atomic E-state index is 9.62. The highest BCUT2D eigenvalue weighted by Gasteiger charge is 2.22. The SMILES string of the molecule is CCC(CO)C(c1ccccc1)c1ccccc1. The van der Waals surface area contributed by atoms with Gasteiger partial charge in [-0.15, -0.1) is 0 Å². The lowest BCUT2D eigenvalue weighted by molar-refractivity contribution is 0.209. The third-order valence-corrected chi connectivity index (χ3v) is 3.55. The van der Waals surface area contributed by atoms with Crippen LogP contribution in [0.15, 0.2) is 60.7 Å². The fourth-order valence-electron chi connectivity index (χ4n) is 2.53. The molecule has 0 radical (unpaired) electrons. The molecule has 0 heterocycles. The largest absolute Gasteiger partial charge is 0.396 e. The topological polar surface area (TPSA) is 20.2 Å². The Labute approximate surface area is 109 Å². The van der Waals surface area contributed by atoms with Crippen molar-refractivity contribution in [3.8, 4) is 0 Å². The van der Waals surface area contributed by atoms with Gasteiger partial charge >= 0.3 is 0 Å². The summed E-state index contributed by atoms with van der Waals surface area (Å²) in [6.45, 7) is 2.37. The van der Waals surface area contributed by atoms with Crippen molar-refractivity contribution in [2.75, 3.05) is 6.61 Å². The van der Waals surface area contributed by atoms with E-state index in [0.717, 1.165) is 6.42 Å². The minimum absolute atomic E-state index is 0.227. The molecule has 18 heavy (non-hydrogen) atoms. The molecule has 94 valence electrons. The molecule has 0 bridgehead atoms. The van der Waals surface area contributed by atoms with E-state index < -0.39 is 0 Å². The van der Waals surface area contributed by atoms with Crippen LogP contribution in [-0.4, -0.2) is 11.7 Å². The van der Waals surface area contributed by atoms with E-state index in [2.05, 4.69) is 55.5 Å². The Morgan fingerprint density at radius 2 is 1.28 bits per heavy atom. The molecule has 2 rings (SSSR count). The van der Waals surface area contributed by atoms with E-state index in [0.29, 0.717) is 0 Å². The van der Waals surface area contributed by atoms with Crippen LogP contribution in [0.1, 0.15) is 30.4 Å². The lowest BCUT2D eigenvalue weighted by Crippen LogP contribution is -2.17. The van der Waals surface area contributed by atoms with Crippen LogP contribution in [0.2, 0.25) is 0 Å². The number of hydrogen-bond donors (Lipinski definition) is 1. The van der Waals surface area contributed by atoms with Crippen molar-refractivity contribution in [1.82, 2.24) is 0 Å². The lowest BCUT2D eigenvalue weighted by atomic mass is 9.80. The van der Waals surface area contributed by atoms with Crippen LogP contribution in [0.25, 0.3) is 0 Å². The molecule has 0 aliphatic heterocycles. The Morgan fingerprint density at radius 1 is 0.833 bits per heavy atom. The van der Waals surface area contributed by atoms with Crippen molar-refractivity contribution >= 4 is 0 Å². The Morgan fingerprint density at radius 3 is 1.61 bits per heavy atom. The molecule has 0 saturated carbocycles. The maximum Gasteiger partial charge on any atom is 0.0468 e. The fourth-order valence-corrected chi connectivity index (χ4v) is 2.53. The summed E-state index contributed by atoms with van der Waals surface area (Å²) in [5, 5.41) is 9.62. The predicted octanol–water partition coefficient (Wildman–Crippen LogP) is 3.84. The van der Waals surface area contributed by atoms with Gasteiger partial charge in [-0.2, -0.15) is 0 Å². The van der Waals surface area contributed by atoms with Crippen LogP contribution < -0.4 is 0 Å². The zero-order chi connectivity index (χ0) is 12.8. The highest BCUT2D eigenvalue weighted by atomic mass is 16.3. The van der Waals surface area contributed by atoms with Gasteiger partial charge in [-0.05, 0) is 17.0 Å². The van der Waals surface area contributed by atoms with Crippen molar-refractivity contribution in [1.29, 1.82) is 0 Å². The Bertz CT molecular complexity index is 406. The maximum atomic E-state index is 9.62. The highest BCUT2D eigenvalue weighted by molar-refractivity contribution is 5.33. The van der Waals surface area contributed by atoms with Gasteiger partial charge in [-0.3, -0.25) is 0 Å². The molecule has 1 unspecified atom stereocenters. The molecule has 0 aromatic heterocycles. The van der Waals surface area contributed by atoms with E-state index in [1.807, 2.05) is 12.1 Å². The van der Waals surface area contributed by atoms with Gasteiger partial charge in [-0.1, -0.05) is 74.0 Å². The van der Waals surface area contributed by atoms with Crippen molar-refractivity contribution < 1.29 is 5.11 Å². The van der Waals surface area contributed by atoms with Crippen LogP contribution in [0.4, 0.5) is 0 Å². The van der Waals surface area contributed by atoms with Crippen molar-refractivity contribution in [3.05, 3.63) is 71.8 Å². The quantitative estimate of drug-likeness (QED) is 0.842. The molecule has 1 atom stereocenters. The van der Waals surface area contributed by atoms with Crippen molar-refractivity contribution in [3.63, 3.8) is 0 Å². The van der Waals surface area contributed by atoms with Crippen LogP contribution in [0, 0.1) is 5.92 Å². The third kappa shape index (κ3) is 2.80. The normalized spacial score (nSPS) is 12.6. The number of hydrogen-bond acceptors (Lipinski definition) is 1. The Kier molecular flexibility index (Phi) is 4.54. The first-order chi connectivity index (χ1) is 8.86. The smallest absolute Gasteiger partial charge is 0.0468 e. The summed E-state index contributed by atoms with van der Waals surface area (Å²) >= 11 is 0. The van der Waals surface area contributed by atoms with E-state index in [9.17, 15) is 5.11 Å². The lowest BCUT2D eigenvalue weighted by Gasteiger charge is -2.25. The average Bonchev–Trinajstić information content (AvgIpc) is 2.46. The summed E-state index contributed by atoms with van der Waals surface area (Å²) in [6.07, 6.45) is 0.977. The zero-order valence-corrected chi connectivity index (χ0v) is 10.8. The fraction of sp³-hybridized carbons (Fsp3) is 0.294. The van der Waals surface area contributed by atoms with Crippen LogP contribution >= 0.6 is 0 Å². The van der Waals surface area contributed by atoms with E-state index in [-0.39, 0.29) is 18.4 Å². The second-order valence-corrected chi connectivity index (χ2v) is 4.65. The molecule has 2 aromatic rings. The van der Waals surface area contributed by atoms with Gasteiger partial charge in [0.05, 0.1) is 0 Å². The van der Waals surface area contributed by atoms with Gasteiger partial charge in [-0.25, -0.2) is 0 Å². The molecule has 0 aliphatic carbocycles. The molecule has 0 spiro atoms. The third-order valence-electron chi connectivity index (χ3n) is 3.55. The van der Waals surface area contributed by atoms with Crippen LogP contribution in [0.3, 0.4) is 0 Å². The monoisotopic (exact) mass is 240 g/mol. The first kappa shape index (κ1) is 12.8. The van der Waals surface area contributed by atoms with E-state index in [1.54, 1.807) is 0 Å². The van der Waals surface area contributed by atoms with Gasteiger partial charge in [0.15, 0.2) is 0 Å². The summed E-state index contributed by atoms with van der Waals surface area (Å²) in [5.74, 6) is 0.553. The molecule has 1 heteroatoms. The van der Waals surface area contributed by atoms with Gasteiger partial charge in [0.2, 0.25) is 0 Å². The molecule has 0 fully saturated rings. The molecule has 1 N–H and O–H groups in total. The van der Waals surface area contributed by atoms with Gasteiger partial charge < -0.3 is 5.11 Å². The standard InChI is InChI=1S/C17H20O/c1-2-14(13-18)17(15-9-5-3-6-10-15)16-11-7-4-8-12-16/h3-12,14,17-18H,2,13H2,1H3. The summed E-state index contributed by atoms with van der Waals surface area (Å²) < 4.78 is 0. The average molecular weight is 240 g/mol. The number of rotatable bonds is 5. The molecular formula is C17H20O. The second kappa shape index (κ2) is 6.36. The minimum atomic E-state index is 0.227. The highest BCUT2D eigenvalue weighted by Crippen LogP contribution is 2.33. The summed E-state index contributed by atoms with van der Waals surface area (Å²) in [5.41, 5.74) is 2.56. The number of benzene rings is 2. The van der Waals surface area contributed by atoms with Gasteiger partial charge in [0, 0.05) is 12.5 Å². The Balaban J connectivity index is 2.41. The van der Waals surface area contributed by atoms with Crippen LogP contribution in [0.5, 0.6) is 0 Å². The van der Waals surface area contributed by atoms with Gasteiger partial charge in [0.25, 0.3) is 0 Å². The van der Waals surface area contributed by atoms with Crippen molar-refractivity contribution in [2.24, 2.45) is 5.92 Å². The molecule has 0 saturated heterocycles.